The molecule has 0 atom stereocenters. The van der Waals surface area contributed by atoms with Gasteiger partial charge in [0.2, 0.25) is 0 Å². The summed E-state index contributed by atoms with van der Waals surface area (Å²) in [7, 11) is -3.75. The number of aryl methyl sites for hydroxylation is 1. The van der Waals surface area contributed by atoms with Crippen molar-refractivity contribution < 1.29 is 31.5 Å². The molecule has 41 heavy (non-hydrogen) atoms. The van der Waals surface area contributed by atoms with E-state index in [1.807, 2.05) is 6.92 Å². The van der Waals surface area contributed by atoms with Crippen LogP contribution in [0.5, 0.6) is 0 Å². The summed E-state index contributed by atoms with van der Waals surface area (Å²) < 4.78 is 51.1. The zero-order chi connectivity index (χ0) is 29.7. The van der Waals surface area contributed by atoms with Crippen LogP contribution in [0.2, 0.25) is 0 Å². The normalized spacial score (nSPS) is 11.9. The second kappa shape index (κ2) is 27.8. The average Bonchev–Trinajstić information content (AvgIpc) is 2.96. The summed E-state index contributed by atoms with van der Waals surface area (Å²) >= 11 is 0. The van der Waals surface area contributed by atoms with Crippen molar-refractivity contribution in [1.82, 2.24) is 0 Å². The maximum absolute atomic E-state index is 12.1. The zero-order valence-corrected chi connectivity index (χ0v) is 27.1. The fourth-order valence-corrected chi connectivity index (χ4v) is 5.38. The summed E-state index contributed by atoms with van der Waals surface area (Å²) in [6.07, 6.45) is 22.0. The number of ether oxygens (including phenoxy) is 4. The summed E-state index contributed by atoms with van der Waals surface area (Å²) in [6, 6.07) is 6.55. The number of hydrogen-bond acceptors (Lipinski definition) is 7. The average molecular weight is 601 g/mol. The van der Waals surface area contributed by atoms with E-state index in [0.29, 0.717) is 39.6 Å². The Morgan fingerprint density at radius 1 is 0.463 bits per heavy atom. The number of rotatable bonds is 31. The lowest BCUT2D eigenvalue weighted by molar-refractivity contribution is -0.00468. The van der Waals surface area contributed by atoms with Crippen LogP contribution in [0, 0.1) is 6.92 Å². The fourth-order valence-electron chi connectivity index (χ4n) is 4.49. The Hall–Kier alpha value is -1.03. The van der Waals surface area contributed by atoms with Gasteiger partial charge < -0.3 is 18.9 Å². The topological polar surface area (TPSA) is 80.3 Å². The monoisotopic (exact) mass is 600 g/mol. The Bertz CT molecular complexity index is 783. The van der Waals surface area contributed by atoms with E-state index in [9.17, 15) is 8.42 Å². The second-order valence-electron chi connectivity index (χ2n) is 10.8. The summed E-state index contributed by atoms with van der Waals surface area (Å²) in [5, 5.41) is 0. The van der Waals surface area contributed by atoms with Crippen molar-refractivity contribution in [3.8, 4) is 0 Å². The van der Waals surface area contributed by atoms with Crippen LogP contribution in [0.25, 0.3) is 0 Å². The Kier molecular flexibility index (Phi) is 25.7. The van der Waals surface area contributed by atoms with Crippen LogP contribution < -0.4 is 0 Å². The highest BCUT2D eigenvalue weighted by atomic mass is 32.2. The minimum absolute atomic E-state index is 0.0290. The third kappa shape index (κ3) is 24.1. The van der Waals surface area contributed by atoms with E-state index in [-0.39, 0.29) is 18.1 Å². The highest BCUT2D eigenvalue weighted by Gasteiger charge is 2.14. The predicted octanol–water partition coefficient (Wildman–Crippen LogP) is 8.03. The van der Waals surface area contributed by atoms with Crippen LogP contribution in [0.4, 0.5) is 0 Å². The summed E-state index contributed by atoms with van der Waals surface area (Å²) in [5.41, 5.74) is 0.992. The van der Waals surface area contributed by atoms with Gasteiger partial charge in [-0.25, -0.2) is 0 Å². The number of benzene rings is 1. The molecule has 0 bridgehead atoms. The molecule has 1 aromatic carbocycles. The molecule has 0 saturated heterocycles. The van der Waals surface area contributed by atoms with Crippen molar-refractivity contribution in [2.45, 2.75) is 121 Å². The molecule has 0 N–H and O–H groups in total. The van der Waals surface area contributed by atoms with E-state index in [0.717, 1.165) is 18.6 Å². The lowest BCUT2D eigenvalue weighted by Gasteiger charge is -2.08. The smallest absolute Gasteiger partial charge is 0.297 e. The molecule has 0 heterocycles. The van der Waals surface area contributed by atoms with Crippen LogP contribution in [0.3, 0.4) is 0 Å². The second-order valence-corrected chi connectivity index (χ2v) is 12.5. The summed E-state index contributed by atoms with van der Waals surface area (Å²) in [4.78, 5) is 0.150. The quantitative estimate of drug-likeness (QED) is 0.0630. The third-order valence-electron chi connectivity index (χ3n) is 7.03. The number of hydrogen-bond donors (Lipinski definition) is 0. The molecule has 0 aliphatic rings. The van der Waals surface area contributed by atoms with Crippen LogP contribution in [-0.2, 0) is 33.2 Å². The van der Waals surface area contributed by atoms with Crippen molar-refractivity contribution in [3.63, 3.8) is 0 Å². The molecular formula is C33H60O7S. The first kappa shape index (κ1) is 38.0. The maximum Gasteiger partial charge on any atom is 0.297 e. The standard InChI is InChI=1S/C33H60O7S/c1-3-4-5-6-7-8-9-10-11-12-13-14-15-16-17-18-23-36-24-25-37-26-27-38-28-29-39-30-31-40-41(34,35)33-21-19-32(2)20-22-33/h19-22H,3-18,23-31H2,1-2H3. The number of unbranched alkanes of at least 4 members (excludes halogenated alkanes) is 15. The Morgan fingerprint density at radius 2 is 0.805 bits per heavy atom. The molecule has 0 amide bonds. The highest BCUT2D eigenvalue weighted by Crippen LogP contribution is 2.14. The van der Waals surface area contributed by atoms with Crippen molar-refractivity contribution in [3.05, 3.63) is 29.8 Å². The van der Waals surface area contributed by atoms with Crippen molar-refractivity contribution in [2.75, 3.05) is 59.5 Å². The fraction of sp³-hybridized carbons (Fsp3) is 0.818. The molecule has 0 aliphatic heterocycles. The molecule has 0 aromatic heterocycles. The van der Waals surface area contributed by atoms with Gasteiger partial charge in [-0.3, -0.25) is 4.18 Å². The van der Waals surface area contributed by atoms with Crippen LogP contribution in [0.1, 0.15) is 115 Å². The maximum atomic E-state index is 12.1. The molecule has 0 saturated carbocycles. The molecule has 0 radical (unpaired) electrons. The van der Waals surface area contributed by atoms with Gasteiger partial charge in [0.25, 0.3) is 10.1 Å². The Morgan fingerprint density at radius 3 is 1.22 bits per heavy atom. The Balaban J connectivity index is 1.71. The molecule has 0 aliphatic carbocycles. The summed E-state index contributed by atoms with van der Waals surface area (Å²) in [5.74, 6) is 0. The third-order valence-corrected chi connectivity index (χ3v) is 8.36. The molecule has 0 fully saturated rings. The zero-order valence-electron chi connectivity index (χ0n) is 26.3. The van der Waals surface area contributed by atoms with Gasteiger partial charge in [0.1, 0.15) is 0 Å². The van der Waals surface area contributed by atoms with Gasteiger partial charge in [-0.2, -0.15) is 8.42 Å². The molecule has 1 aromatic rings. The first-order valence-electron chi connectivity index (χ1n) is 16.3. The van der Waals surface area contributed by atoms with E-state index in [2.05, 4.69) is 6.92 Å². The first-order chi connectivity index (χ1) is 20.1. The first-order valence-corrected chi connectivity index (χ1v) is 17.7. The lowest BCUT2D eigenvalue weighted by Crippen LogP contribution is -2.15. The molecule has 0 spiro atoms. The van der Waals surface area contributed by atoms with E-state index in [4.69, 9.17) is 23.1 Å². The Labute approximate surface area is 252 Å². The lowest BCUT2D eigenvalue weighted by atomic mass is 10.0. The van der Waals surface area contributed by atoms with E-state index < -0.39 is 10.1 Å². The molecule has 7 nitrogen and oxygen atoms in total. The van der Waals surface area contributed by atoms with E-state index >= 15 is 0 Å². The van der Waals surface area contributed by atoms with E-state index in [1.54, 1.807) is 12.1 Å². The van der Waals surface area contributed by atoms with Crippen LogP contribution >= 0.6 is 0 Å². The molecule has 240 valence electrons. The largest absolute Gasteiger partial charge is 0.379 e. The van der Waals surface area contributed by atoms with Gasteiger partial charge in [-0.05, 0) is 25.5 Å². The van der Waals surface area contributed by atoms with Gasteiger partial charge in [0.15, 0.2) is 0 Å². The molecule has 0 unspecified atom stereocenters. The van der Waals surface area contributed by atoms with Gasteiger partial charge in [-0.15, -0.1) is 0 Å². The van der Waals surface area contributed by atoms with Crippen molar-refractivity contribution >= 4 is 10.1 Å². The predicted molar refractivity (Wildman–Crippen MR) is 167 cm³/mol. The van der Waals surface area contributed by atoms with Crippen molar-refractivity contribution in [2.24, 2.45) is 0 Å². The van der Waals surface area contributed by atoms with Crippen LogP contribution in [-0.4, -0.2) is 67.9 Å². The molecule has 1 rings (SSSR count). The minimum Gasteiger partial charge on any atom is -0.379 e. The molecule has 8 heteroatoms. The van der Waals surface area contributed by atoms with Crippen molar-refractivity contribution in [1.29, 1.82) is 0 Å². The molecular weight excluding hydrogens is 540 g/mol. The van der Waals surface area contributed by atoms with E-state index in [1.165, 1.54) is 108 Å². The van der Waals surface area contributed by atoms with Gasteiger partial charge >= 0.3 is 0 Å². The highest BCUT2D eigenvalue weighted by molar-refractivity contribution is 7.86. The van der Waals surface area contributed by atoms with Gasteiger partial charge in [0, 0.05) is 6.61 Å². The van der Waals surface area contributed by atoms with Gasteiger partial charge in [-0.1, -0.05) is 121 Å². The van der Waals surface area contributed by atoms with Gasteiger partial charge in [0.05, 0.1) is 57.8 Å². The summed E-state index contributed by atoms with van der Waals surface area (Å²) in [6.45, 7) is 8.13. The minimum atomic E-state index is -3.75. The van der Waals surface area contributed by atoms with Crippen LogP contribution in [0.15, 0.2) is 29.2 Å². The SMILES string of the molecule is CCCCCCCCCCCCCCCCCCOCCOCCOCCOCCOS(=O)(=O)c1ccc(C)cc1.